The van der Waals surface area contributed by atoms with E-state index in [9.17, 15) is 19.8 Å². The Balaban J connectivity index is 1.18. The molecule has 270 valence electrons. The van der Waals surface area contributed by atoms with Crippen molar-refractivity contribution in [1.29, 1.82) is 0 Å². The van der Waals surface area contributed by atoms with E-state index in [0.29, 0.717) is 55.5 Å². The van der Waals surface area contributed by atoms with Gasteiger partial charge in [-0.2, -0.15) is 9.97 Å². The van der Waals surface area contributed by atoms with E-state index in [-0.39, 0.29) is 24.0 Å². The van der Waals surface area contributed by atoms with E-state index in [2.05, 4.69) is 55.4 Å². The highest BCUT2D eigenvalue weighted by atomic mass is 16.6. The molecule has 0 aliphatic carbocycles. The molecular weight excluding hydrogens is 652 g/mol. The minimum atomic E-state index is -1.45. The van der Waals surface area contributed by atoms with E-state index in [1.54, 1.807) is 11.5 Å². The maximum Gasteiger partial charge on any atom is 0.315 e. The van der Waals surface area contributed by atoms with Gasteiger partial charge in [0.15, 0.2) is 29.3 Å². The maximum absolute atomic E-state index is 12.8. The van der Waals surface area contributed by atoms with Crippen LogP contribution in [0.3, 0.4) is 0 Å². The Labute approximate surface area is 296 Å². The molecule has 5 heterocycles. The van der Waals surface area contributed by atoms with Crippen molar-refractivity contribution < 1.29 is 24.5 Å². The third-order valence-corrected chi connectivity index (χ3v) is 9.94. The first-order chi connectivity index (χ1) is 24.8. The number of carbonyl (C=O) groups is 2. The van der Waals surface area contributed by atoms with Gasteiger partial charge in [0, 0.05) is 50.7 Å². The summed E-state index contributed by atoms with van der Waals surface area (Å²) in [4.78, 5) is 44.2. The molecule has 51 heavy (non-hydrogen) atoms. The Kier molecular flexibility index (Phi) is 10.3. The molecule has 2 aromatic heterocycles. The normalized spacial score (nSPS) is 25.1. The standard InChI is InChI=1S/C36H46N10O5/c1-3-37-33(49)30-28(47)29(48)34(51-30)46-21-39-27-31(38-18-26(22-10-6-4-7-11-22)23-12-8-5-9-13-23)42-35(43-32(27)46)45-17-15-25(20-45)41-36(50)40-24-14-16-44(2)19-24/h4-13,21,24-26,28-30,34,47-48H,3,14-20H2,1-2H3,(H,37,49)(H,38,42,43)(H2,40,41,50)/t24?,25-,28+,29-,30?,34?/m1/s1. The predicted molar refractivity (Wildman–Crippen MR) is 191 cm³/mol. The van der Waals surface area contributed by atoms with E-state index in [1.807, 2.05) is 48.3 Å². The van der Waals surface area contributed by atoms with Crippen molar-refractivity contribution in [3.8, 4) is 0 Å². The number of aromatic nitrogens is 4. The lowest BCUT2D eigenvalue weighted by Crippen LogP contribution is -2.47. The molecule has 0 saturated carbocycles. The number of likely N-dealkylation sites (tertiary alicyclic amines) is 1. The van der Waals surface area contributed by atoms with Crippen LogP contribution >= 0.6 is 0 Å². The summed E-state index contributed by atoms with van der Waals surface area (Å²) in [5.74, 6) is 0.382. The molecule has 3 aliphatic heterocycles. The fourth-order valence-electron chi connectivity index (χ4n) is 7.26. The molecule has 4 aromatic rings. The summed E-state index contributed by atoms with van der Waals surface area (Å²) in [6, 6.07) is 20.3. The molecule has 15 nitrogen and oxygen atoms in total. The summed E-state index contributed by atoms with van der Waals surface area (Å²) in [6.45, 7) is 5.50. The number of benzene rings is 2. The summed E-state index contributed by atoms with van der Waals surface area (Å²) in [5.41, 5.74) is 3.08. The van der Waals surface area contributed by atoms with Crippen LogP contribution in [-0.4, -0.2) is 123 Å². The van der Waals surface area contributed by atoms with Crippen molar-refractivity contribution in [2.45, 2.75) is 62.3 Å². The Morgan fingerprint density at radius 1 is 0.922 bits per heavy atom. The van der Waals surface area contributed by atoms with Crippen LogP contribution < -0.4 is 26.2 Å². The van der Waals surface area contributed by atoms with Crippen LogP contribution in [0, 0.1) is 0 Å². The van der Waals surface area contributed by atoms with Gasteiger partial charge >= 0.3 is 6.03 Å². The Hall–Kier alpha value is -4.83. The van der Waals surface area contributed by atoms with Gasteiger partial charge in [-0.15, -0.1) is 0 Å². The molecule has 3 unspecified atom stereocenters. The fraction of sp³-hybridized carbons (Fsp3) is 0.472. The minimum absolute atomic E-state index is 0.00513. The van der Waals surface area contributed by atoms with Crippen LogP contribution in [0.1, 0.15) is 43.0 Å². The second kappa shape index (κ2) is 15.2. The average molecular weight is 699 g/mol. The first-order valence-corrected chi connectivity index (χ1v) is 17.7. The number of amides is 3. The number of aliphatic hydroxyl groups excluding tert-OH is 2. The Morgan fingerprint density at radius 2 is 1.59 bits per heavy atom. The molecular formula is C36H46N10O5. The number of anilines is 2. The fourth-order valence-corrected chi connectivity index (χ4v) is 7.26. The summed E-state index contributed by atoms with van der Waals surface area (Å²) in [6.07, 6.45) is -2.13. The lowest BCUT2D eigenvalue weighted by Gasteiger charge is -2.22. The third-order valence-electron chi connectivity index (χ3n) is 9.94. The summed E-state index contributed by atoms with van der Waals surface area (Å²) >= 11 is 0. The predicted octanol–water partition coefficient (Wildman–Crippen LogP) is 1.41. The zero-order valence-electron chi connectivity index (χ0n) is 28.9. The molecule has 6 N–H and O–H groups in total. The van der Waals surface area contributed by atoms with Gasteiger partial charge < -0.3 is 46.0 Å². The number of likely N-dealkylation sites (N-methyl/N-ethyl adjacent to an activating group) is 2. The van der Waals surface area contributed by atoms with Gasteiger partial charge in [0.2, 0.25) is 5.95 Å². The summed E-state index contributed by atoms with van der Waals surface area (Å²) in [5, 5.41) is 34.3. The van der Waals surface area contributed by atoms with Crippen LogP contribution in [0.2, 0.25) is 0 Å². The second-order valence-electron chi connectivity index (χ2n) is 13.6. The van der Waals surface area contributed by atoms with Crippen LogP contribution in [-0.2, 0) is 9.53 Å². The summed E-state index contributed by atoms with van der Waals surface area (Å²) < 4.78 is 7.50. The van der Waals surface area contributed by atoms with Crippen LogP contribution in [0.5, 0.6) is 0 Å². The quantitative estimate of drug-likeness (QED) is 0.133. The lowest BCUT2D eigenvalue weighted by atomic mass is 9.91. The molecule has 2 aromatic carbocycles. The van der Waals surface area contributed by atoms with Crippen molar-refractivity contribution in [2.24, 2.45) is 0 Å². The number of hydrogen-bond acceptors (Lipinski definition) is 11. The van der Waals surface area contributed by atoms with Crippen molar-refractivity contribution >= 4 is 34.9 Å². The Bertz CT molecular complexity index is 1770. The zero-order chi connectivity index (χ0) is 35.5. The number of ether oxygens (including phenoxy) is 1. The number of nitrogens with zero attached hydrogens (tertiary/aromatic N) is 6. The highest BCUT2D eigenvalue weighted by Crippen LogP contribution is 2.34. The van der Waals surface area contributed by atoms with E-state index in [0.717, 1.165) is 30.6 Å². The van der Waals surface area contributed by atoms with E-state index in [1.165, 1.54) is 6.33 Å². The highest BCUT2D eigenvalue weighted by Gasteiger charge is 2.48. The average Bonchev–Trinajstić information content (AvgIpc) is 3.93. The van der Waals surface area contributed by atoms with Crippen molar-refractivity contribution in [3.05, 3.63) is 78.1 Å². The van der Waals surface area contributed by atoms with E-state index >= 15 is 0 Å². The van der Waals surface area contributed by atoms with Gasteiger partial charge in [0.1, 0.15) is 12.2 Å². The molecule has 3 fully saturated rings. The monoisotopic (exact) mass is 698 g/mol. The van der Waals surface area contributed by atoms with Gasteiger partial charge in [-0.3, -0.25) is 9.36 Å². The molecule has 7 rings (SSSR count). The number of rotatable bonds is 11. The first kappa shape index (κ1) is 34.6. The number of carbonyl (C=O) groups excluding carboxylic acids is 2. The molecule has 0 radical (unpaired) electrons. The van der Waals surface area contributed by atoms with Gasteiger partial charge in [-0.1, -0.05) is 60.7 Å². The molecule has 0 spiro atoms. The lowest BCUT2D eigenvalue weighted by molar-refractivity contribution is -0.137. The SMILES string of the molecule is CCNC(=O)C1OC(n2cnc3c(NCC(c4ccccc4)c4ccccc4)nc(N4CC[C@@H](NC(=O)NC5CCN(C)C5)C4)nc32)[C@H](O)[C@@H]1O. The maximum atomic E-state index is 12.8. The molecule has 15 heteroatoms. The highest BCUT2D eigenvalue weighted by molar-refractivity contribution is 5.85. The number of nitrogens with one attached hydrogen (secondary N) is 4. The zero-order valence-corrected chi connectivity index (χ0v) is 28.9. The number of aliphatic hydroxyl groups is 2. The van der Waals surface area contributed by atoms with Crippen LogP contribution in [0.25, 0.3) is 11.2 Å². The second-order valence-corrected chi connectivity index (χ2v) is 13.6. The van der Waals surface area contributed by atoms with Crippen molar-refractivity contribution in [2.75, 3.05) is 56.5 Å². The van der Waals surface area contributed by atoms with Gasteiger partial charge in [0.05, 0.1) is 6.33 Å². The van der Waals surface area contributed by atoms with Crippen LogP contribution in [0.15, 0.2) is 67.0 Å². The van der Waals surface area contributed by atoms with Gasteiger partial charge in [0.25, 0.3) is 5.91 Å². The number of urea groups is 1. The van der Waals surface area contributed by atoms with E-state index in [4.69, 9.17) is 14.7 Å². The third kappa shape index (κ3) is 7.47. The Morgan fingerprint density at radius 3 is 2.24 bits per heavy atom. The molecule has 3 saturated heterocycles. The van der Waals surface area contributed by atoms with Crippen LogP contribution in [0.4, 0.5) is 16.6 Å². The van der Waals surface area contributed by atoms with Gasteiger partial charge in [-0.05, 0) is 44.5 Å². The molecule has 3 aliphatic rings. The van der Waals surface area contributed by atoms with E-state index < -0.39 is 30.4 Å². The number of hydrogen-bond donors (Lipinski definition) is 6. The smallest absolute Gasteiger partial charge is 0.315 e. The van der Waals surface area contributed by atoms with Crippen molar-refractivity contribution in [3.63, 3.8) is 0 Å². The number of fused-ring (bicyclic) bond motifs is 1. The number of imidazole rings is 1. The molecule has 0 bridgehead atoms. The minimum Gasteiger partial charge on any atom is -0.387 e. The molecule has 6 atom stereocenters. The largest absolute Gasteiger partial charge is 0.387 e. The van der Waals surface area contributed by atoms with Crippen molar-refractivity contribution in [1.82, 2.24) is 40.4 Å². The van der Waals surface area contributed by atoms with Gasteiger partial charge in [-0.25, -0.2) is 9.78 Å². The first-order valence-electron chi connectivity index (χ1n) is 17.7. The summed E-state index contributed by atoms with van der Waals surface area (Å²) in [7, 11) is 2.05. The molecule has 3 amide bonds. The topological polar surface area (TPSA) is 182 Å².